The van der Waals surface area contributed by atoms with Crippen LogP contribution in [-0.2, 0) is 0 Å². The van der Waals surface area contributed by atoms with E-state index in [4.69, 9.17) is 4.74 Å². The summed E-state index contributed by atoms with van der Waals surface area (Å²) >= 11 is 0. The van der Waals surface area contributed by atoms with Crippen LogP contribution >= 0.6 is 0 Å². The minimum absolute atomic E-state index is 0.0396. The second-order valence-electron chi connectivity index (χ2n) is 6.76. The molecule has 0 saturated carbocycles. The van der Waals surface area contributed by atoms with Crippen molar-refractivity contribution in [2.75, 3.05) is 7.11 Å². The molecule has 0 aliphatic heterocycles. The third kappa shape index (κ3) is 3.36. The van der Waals surface area contributed by atoms with Crippen LogP contribution in [0.2, 0.25) is 0 Å². The van der Waals surface area contributed by atoms with Crippen molar-refractivity contribution < 1.29 is 30.3 Å². The van der Waals surface area contributed by atoms with Crippen molar-refractivity contribution in [3.63, 3.8) is 0 Å². The first-order chi connectivity index (χ1) is 13.2. The molecule has 3 aromatic rings. The first kappa shape index (κ1) is 19.2. The number of phenols is 5. The first-order valence-corrected chi connectivity index (χ1v) is 8.64. The van der Waals surface area contributed by atoms with E-state index in [9.17, 15) is 25.5 Å². The highest BCUT2D eigenvalue weighted by Gasteiger charge is 2.26. The minimum atomic E-state index is -0.645. The molecule has 0 spiro atoms. The summed E-state index contributed by atoms with van der Waals surface area (Å²) in [7, 11) is 1.43. The Morgan fingerprint density at radius 3 is 1.61 bits per heavy atom. The highest BCUT2D eigenvalue weighted by molar-refractivity contribution is 5.59. The average molecular weight is 382 g/mol. The van der Waals surface area contributed by atoms with Gasteiger partial charge in [0.1, 0.15) is 23.0 Å². The zero-order valence-electron chi connectivity index (χ0n) is 15.8. The van der Waals surface area contributed by atoms with Crippen molar-refractivity contribution in [2.24, 2.45) is 0 Å². The summed E-state index contributed by atoms with van der Waals surface area (Å²) in [4.78, 5) is 0. The van der Waals surface area contributed by atoms with Crippen LogP contribution in [0.5, 0.6) is 34.5 Å². The molecule has 3 aromatic carbocycles. The van der Waals surface area contributed by atoms with Gasteiger partial charge in [-0.1, -0.05) is 6.07 Å². The predicted molar refractivity (Wildman–Crippen MR) is 105 cm³/mol. The van der Waals surface area contributed by atoms with E-state index in [1.807, 2.05) is 0 Å². The van der Waals surface area contributed by atoms with E-state index in [0.29, 0.717) is 27.8 Å². The molecular weight excluding hydrogens is 360 g/mol. The van der Waals surface area contributed by atoms with Crippen molar-refractivity contribution in [1.82, 2.24) is 0 Å². The predicted octanol–water partition coefficient (Wildman–Crippen LogP) is 4.02. The maximum Gasteiger partial charge on any atom is 0.160 e. The van der Waals surface area contributed by atoms with Crippen LogP contribution in [0, 0.1) is 13.8 Å². The van der Waals surface area contributed by atoms with Crippen LogP contribution in [0.25, 0.3) is 0 Å². The third-order valence-electron chi connectivity index (χ3n) is 4.85. The van der Waals surface area contributed by atoms with Crippen molar-refractivity contribution in [3.05, 3.63) is 70.3 Å². The fraction of sp³-hybridized carbons (Fsp3) is 0.182. The molecular formula is C22H22O6. The number of hydrogen-bond acceptors (Lipinski definition) is 6. The highest BCUT2D eigenvalue weighted by Crippen LogP contribution is 2.45. The monoisotopic (exact) mass is 382 g/mol. The van der Waals surface area contributed by atoms with Crippen molar-refractivity contribution >= 4 is 0 Å². The Bertz CT molecular complexity index is 984. The van der Waals surface area contributed by atoms with Gasteiger partial charge in [0.2, 0.25) is 0 Å². The summed E-state index contributed by atoms with van der Waals surface area (Å²) in [5.74, 6) is -0.831. The number of ether oxygens (including phenoxy) is 1. The molecule has 0 aromatic heterocycles. The highest BCUT2D eigenvalue weighted by atomic mass is 16.5. The Kier molecular flexibility index (Phi) is 4.96. The zero-order valence-corrected chi connectivity index (χ0v) is 15.8. The second kappa shape index (κ2) is 7.23. The van der Waals surface area contributed by atoms with E-state index >= 15 is 0 Å². The summed E-state index contributed by atoms with van der Waals surface area (Å²) < 4.78 is 5.20. The number of aromatic hydroxyl groups is 5. The lowest BCUT2D eigenvalue weighted by Gasteiger charge is -2.23. The fourth-order valence-electron chi connectivity index (χ4n) is 3.28. The summed E-state index contributed by atoms with van der Waals surface area (Å²) in [5.41, 5.74) is 2.64. The summed E-state index contributed by atoms with van der Waals surface area (Å²) in [5, 5.41) is 50.8. The number of methoxy groups -OCH3 is 1. The Labute approximate surface area is 162 Å². The molecule has 0 heterocycles. The molecule has 146 valence electrons. The van der Waals surface area contributed by atoms with Gasteiger partial charge in [0.05, 0.1) is 7.11 Å². The van der Waals surface area contributed by atoms with Gasteiger partial charge in [-0.25, -0.2) is 0 Å². The number of benzene rings is 3. The number of phenolic OH excluding ortho intramolecular Hbond substituents is 5. The average Bonchev–Trinajstić information content (AvgIpc) is 2.64. The molecule has 0 aliphatic carbocycles. The summed E-state index contributed by atoms with van der Waals surface area (Å²) in [6, 6.07) is 10.5. The maximum absolute atomic E-state index is 10.5. The largest absolute Gasteiger partial charge is 0.508 e. The minimum Gasteiger partial charge on any atom is -0.508 e. The number of rotatable bonds is 4. The standard InChI is InChI=1S/C22H22O6/c1-11-6-14(19(26)9-17(11)24)22(13-4-5-16(23)21(8-13)28-3)15-7-12(2)18(25)10-20(15)27/h4-10,22-27H,1-3H3. The Morgan fingerprint density at radius 1 is 0.643 bits per heavy atom. The van der Waals surface area contributed by atoms with E-state index in [0.717, 1.165) is 0 Å². The normalized spacial score (nSPS) is 11.0. The van der Waals surface area contributed by atoms with Crippen molar-refractivity contribution in [2.45, 2.75) is 19.8 Å². The van der Waals surface area contributed by atoms with Crippen molar-refractivity contribution in [3.8, 4) is 34.5 Å². The lowest BCUT2D eigenvalue weighted by atomic mass is 9.82. The zero-order chi connectivity index (χ0) is 20.6. The quantitative estimate of drug-likeness (QED) is 0.436. The van der Waals surface area contributed by atoms with Crippen LogP contribution in [0.3, 0.4) is 0 Å². The maximum atomic E-state index is 10.5. The molecule has 0 amide bonds. The van der Waals surface area contributed by atoms with Crippen molar-refractivity contribution in [1.29, 1.82) is 0 Å². The number of aryl methyl sites for hydroxylation is 2. The van der Waals surface area contributed by atoms with Gasteiger partial charge in [0.25, 0.3) is 0 Å². The topological polar surface area (TPSA) is 110 Å². The van der Waals surface area contributed by atoms with Gasteiger partial charge < -0.3 is 30.3 Å². The van der Waals surface area contributed by atoms with E-state index in [1.165, 1.54) is 25.3 Å². The van der Waals surface area contributed by atoms with E-state index in [2.05, 4.69) is 0 Å². The molecule has 0 aliphatic rings. The van der Waals surface area contributed by atoms with Crippen LogP contribution < -0.4 is 4.74 Å². The summed E-state index contributed by atoms with van der Waals surface area (Å²) in [6.45, 7) is 3.41. The third-order valence-corrected chi connectivity index (χ3v) is 4.85. The van der Waals surface area contributed by atoms with Crippen LogP contribution in [-0.4, -0.2) is 32.6 Å². The lowest BCUT2D eigenvalue weighted by Crippen LogP contribution is -2.06. The molecule has 0 bridgehead atoms. The van der Waals surface area contributed by atoms with E-state index in [-0.39, 0.29) is 34.5 Å². The number of hydrogen-bond donors (Lipinski definition) is 5. The van der Waals surface area contributed by atoms with Gasteiger partial charge >= 0.3 is 0 Å². The second-order valence-corrected chi connectivity index (χ2v) is 6.76. The molecule has 0 saturated heterocycles. The van der Waals surface area contributed by atoms with Gasteiger partial charge in [0.15, 0.2) is 11.5 Å². The molecule has 0 unspecified atom stereocenters. The van der Waals surface area contributed by atoms with Gasteiger partial charge in [-0.3, -0.25) is 0 Å². The molecule has 28 heavy (non-hydrogen) atoms. The molecule has 6 heteroatoms. The Morgan fingerprint density at radius 2 is 1.14 bits per heavy atom. The van der Waals surface area contributed by atoms with Gasteiger partial charge in [-0.15, -0.1) is 0 Å². The Hall–Kier alpha value is -3.54. The molecule has 6 nitrogen and oxygen atoms in total. The smallest absolute Gasteiger partial charge is 0.160 e. The van der Waals surface area contributed by atoms with Gasteiger partial charge in [-0.2, -0.15) is 0 Å². The van der Waals surface area contributed by atoms with Crippen LogP contribution in [0.4, 0.5) is 0 Å². The van der Waals surface area contributed by atoms with Crippen LogP contribution in [0.1, 0.15) is 33.7 Å². The van der Waals surface area contributed by atoms with Crippen LogP contribution in [0.15, 0.2) is 42.5 Å². The fourth-order valence-corrected chi connectivity index (χ4v) is 3.28. The molecule has 0 atom stereocenters. The summed E-state index contributed by atoms with van der Waals surface area (Å²) in [6.07, 6.45) is 0. The molecule has 0 fully saturated rings. The van der Waals surface area contributed by atoms with Gasteiger partial charge in [-0.05, 0) is 54.8 Å². The SMILES string of the molecule is COc1cc(C(c2cc(C)c(O)cc2O)c2cc(C)c(O)cc2O)ccc1O. The van der Waals surface area contributed by atoms with Gasteiger partial charge in [0, 0.05) is 29.2 Å². The van der Waals surface area contributed by atoms with E-state index < -0.39 is 5.92 Å². The van der Waals surface area contributed by atoms with E-state index in [1.54, 1.807) is 38.1 Å². The molecule has 0 radical (unpaired) electrons. The molecule has 5 N–H and O–H groups in total. The molecule has 3 rings (SSSR count). The lowest BCUT2D eigenvalue weighted by molar-refractivity contribution is 0.373. The Balaban J connectivity index is 2.32. The first-order valence-electron chi connectivity index (χ1n) is 8.64.